The van der Waals surface area contributed by atoms with E-state index in [1.807, 2.05) is 0 Å². The molecular formula is C16H30O5. The number of hydrogen-bond donors (Lipinski definition) is 0. The van der Waals surface area contributed by atoms with E-state index in [0.29, 0.717) is 19.8 Å². The molecule has 0 spiro atoms. The van der Waals surface area contributed by atoms with Gasteiger partial charge in [-0.05, 0) is 20.3 Å². The zero-order chi connectivity index (χ0) is 16.3. The van der Waals surface area contributed by atoms with Crippen LogP contribution in [0.15, 0.2) is 0 Å². The largest absolute Gasteiger partial charge is 0.463 e. The summed E-state index contributed by atoms with van der Waals surface area (Å²) in [7, 11) is 0. The van der Waals surface area contributed by atoms with Crippen LogP contribution in [0.3, 0.4) is 0 Å². The molecule has 0 unspecified atom stereocenters. The molecule has 0 rings (SSSR count). The molecular weight excluding hydrogens is 272 g/mol. The zero-order valence-electron chi connectivity index (χ0n) is 14.1. The van der Waals surface area contributed by atoms with Crippen LogP contribution in [0.2, 0.25) is 0 Å². The van der Waals surface area contributed by atoms with Gasteiger partial charge in [0.1, 0.15) is 12.0 Å². The summed E-state index contributed by atoms with van der Waals surface area (Å²) in [4.78, 5) is 23.8. The van der Waals surface area contributed by atoms with E-state index in [2.05, 4.69) is 6.92 Å². The highest BCUT2D eigenvalue weighted by Crippen LogP contribution is 2.23. The van der Waals surface area contributed by atoms with Gasteiger partial charge in [-0.1, -0.05) is 27.2 Å². The van der Waals surface area contributed by atoms with Gasteiger partial charge in [0, 0.05) is 12.5 Å². The Morgan fingerprint density at radius 2 is 1.48 bits per heavy atom. The van der Waals surface area contributed by atoms with Crippen LogP contribution >= 0.6 is 0 Å². The van der Waals surface area contributed by atoms with Gasteiger partial charge in [0.15, 0.2) is 5.78 Å². The minimum Gasteiger partial charge on any atom is -0.463 e. The third kappa shape index (κ3) is 8.17. The third-order valence-corrected chi connectivity index (χ3v) is 3.13. The highest BCUT2D eigenvalue weighted by atomic mass is 16.6. The molecule has 0 aliphatic rings. The minimum absolute atomic E-state index is 0.113. The lowest BCUT2D eigenvalue weighted by Gasteiger charge is -2.23. The Kier molecular flexibility index (Phi) is 10.3. The SMILES string of the molecule is CCCCOCCOCCOC(=O)C(C)(C)C(=O)C(C)C. The van der Waals surface area contributed by atoms with E-state index in [1.165, 1.54) is 0 Å². The summed E-state index contributed by atoms with van der Waals surface area (Å²) in [6.07, 6.45) is 2.16. The van der Waals surface area contributed by atoms with Crippen molar-refractivity contribution in [3.63, 3.8) is 0 Å². The second-order valence-corrected chi connectivity index (χ2v) is 5.86. The molecule has 0 fully saturated rings. The molecule has 0 N–H and O–H groups in total. The van der Waals surface area contributed by atoms with Crippen molar-refractivity contribution in [3.05, 3.63) is 0 Å². The molecule has 0 aromatic heterocycles. The molecule has 0 saturated carbocycles. The van der Waals surface area contributed by atoms with Crippen molar-refractivity contribution >= 4 is 11.8 Å². The number of ketones is 1. The summed E-state index contributed by atoms with van der Waals surface area (Å²) < 4.78 is 15.7. The Balaban J connectivity index is 3.73. The minimum atomic E-state index is -1.10. The number of rotatable bonds is 12. The average molecular weight is 302 g/mol. The second kappa shape index (κ2) is 10.7. The lowest BCUT2D eigenvalue weighted by Crippen LogP contribution is -2.38. The van der Waals surface area contributed by atoms with Crippen LogP contribution in [0.5, 0.6) is 0 Å². The molecule has 0 heterocycles. The summed E-state index contributed by atoms with van der Waals surface area (Å²) in [6, 6.07) is 0. The fourth-order valence-electron chi connectivity index (χ4n) is 1.76. The Labute approximate surface area is 128 Å². The van der Waals surface area contributed by atoms with Gasteiger partial charge in [0.25, 0.3) is 0 Å². The third-order valence-electron chi connectivity index (χ3n) is 3.13. The van der Waals surface area contributed by atoms with Crippen LogP contribution in [0.1, 0.15) is 47.5 Å². The normalized spacial score (nSPS) is 11.7. The zero-order valence-corrected chi connectivity index (χ0v) is 14.1. The van der Waals surface area contributed by atoms with E-state index < -0.39 is 11.4 Å². The van der Waals surface area contributed by atoms with Crippen molar-refractivity contribution in [1.82, 2.24) is 0 Å². The summed E-state index contributed by atoms with van der Waals surface area (Å²) >= 11 is 0. The van der Waals surface area contributed by atoms with E-state index in [1.54, 1.807) is 27.7 Å². The molecule has 21 heavy (non-hydrogen) atoms. The topological polar surface area (TPSA) is 61.8 Å². The molecule has 5 heteroatoms. The van der Waals surface area contributed by atoms with Gasteiger partial charge in [0.05, 0.1) is 19.8 Å². The number of ether oxygens (including phenoxy) is 3. The van der Waals surface area contributed by atoms with E-state index in [0.717, 1.165) is 19.4 Å². The maximum atomic E-state index is 11.9. The van der Waals surface area contributed by atoms with Crippen LogP contribution in [0.4, 0.5) is 0 Å². The van der Waals surface area contributed by atoms with Gasteiger partial charge >= 0.3 is 5.97 Å². The predicted molar refractivity (Wildman–Crippen MR) is 81.1 cm³/mol. The van der Waals surface area contributed by atoms with Crippen molar-refractivity contribution in [2.45, 2.75) is 47.5 Å². The Morgan fingerprint density at radius 3 is 2.00 bits per heavy atom. The fourth-order valence-corrected chi connectivity index (χ4v) is 1.76. The lowest BCUT2D eigenvalue weighted by atomic mass is 9.82. The van der Waals surface area contributed by atoms with E-state index in [-0.39, 0.29) is 18.3 Å². The molecule has 0 atom stereocenters. The van der Waals surface area contributed by atoms with Gasteiger partial charge in [-0.25, -0.2) is 0 Å². The first-order valence-corrected chi connectivity index (χ1v) is 7.71. The number of Topliss-reactive ketones (excluding diaryl/α,β-unsaturated/α-hetero) is 1. The molecule has 0 aromatic carbocycles. The molecule has 0 radical (unpaired) electrons. The summed E-state index contributed by atoms with van der Waals surface area (Å²) in [6.45, 7) is 11.1. The van der Waals surface area contributed by atoms with Gasteiger partial charge in [-0.15, -0.1) is 0 Å². The molecule has 5 nitrogen and oxygen atoms in total. The highest BCUT2D eigenvalue weighted by Gasteiger charge is 2.38. The number of hydrogen-bond acceptors (Lipinski definition) is 5. The van der Waals surface area contributed by atoms with Crippen LogP contribution < -0.4 is 0 Å². The molecule has 124 valence electrons. The van der Waals surface area contributed by atoms with Crippen molar-refractivity contribution in [2.75, 3.05) is 33.0 Å². The first kappa shape index (κ1) is 20.1. The van der Waals surface area contributed by atoms with Gasteiger partial charge in [-0.2, -0.15) is 0 Å². The Hall–Kier alpha value is -0.940. The summed E-state index contributed by atoms with van der Waals surface area (Å²) in [5, 5.41) is 0. The Bertz CT molecular complexity index is 310. The standard InChI is InChI=1S/C16H30O5/c1-6-7-8-19-9-10-20-11-12-21-15(18)16(4,5)14(17)13(2)3/h13H,6-12H2,1-5H3. The van der Waals surface area contributed by atoms with Crippen molar-refractivity contribution in [1.29, 1.82) is 0 Å². The highest BCUT2D eigenvalue weighted by molar-refractivity contribution is 6.03. The predicted octanol–water partition coefficient (Wildman–Crippen LogP) is 2.61. The fraction of sp³-hybridized carbons (Fsp3) is 0.875. The number of carbonyl (C=O) groups is 2. The van der Waals surface area contributed by atoms with E-state index in [9.17, 15) is 9.59 Å². The van der Waals surface area contributed by atoms with Gasteiger partial charge in [-0.3, -0.25) is 9.59 Å². The molecule has 0 aromatic rings. The first-order chi connectivity index (χ1) is 9.84. The maximum absolute atomic E-state index is 11.9. The van der Waals surface area contributed by atoms with Crippen LogP contribution in [0.25, 0.3) is 0 Å². The quantitative estimate of drug-likeness (QED) is 0.315. The lowest BCUT2D eigenvalue weighted by molar-refractivity contribution is -0.160. The molecule has 0 saturated heterocycles. The van der Waals surface area contributed by atoms with Crippen LogP contribution in [0, 0.1) is 11.3 Å². The summed E-state index contributed by atoms with van der Waals surface area (Å²) in [5.74, 6) is -0.800. The monoisotopic (exact) mass is 302 g/mol. The van der Waals surface area contributed by atoms with Crippen molar-refractivity contribution in [2.24, 2.45) is 11.3 Å². The smallest absolute Gasteiger partial charge is 0.319 e. The maximum Gasteiger partial charge on any atom is 0.319 e. The molecule has 0 aliphatic carbocycles. The Morgan fingerprint density at radius 1 is 0.952 bits per heavy atom. The number of carbonyl (C=O) groups excluding carboxylic acids is 2. The molecule has 0 amide bonds. The van der Waals surface area contributed by atoms with E-state index in [4.69, 9.17) is 14.2 Å². The molecule has 0 aliphatic heterocycles. The van der Waals surface area contributed by atoms with Gasteiger partial charge in [0.2, 0.25) is 0 Å². The van der Waals surface area contributed by atoms with Crippen LogP contribution in [-0.4, -0.2) is 44.8 Å². The number of esters is 1. The van der Waals surface area contributed by atoms with E-state index >= 15 is 0 Å². The molecule has 0 bridgehead atoms. The van der Waals surface area contributed by atoms with Crippen LogP contribution in [-0.2, 0) is 23.8 Å². The van der Waals surface area contributed by atoms with Gasteiger partial charge < -0.3 is 14.2 Å². The van der Waals surface area contributed by atoms with Crippen molar-refractivity contribution < 1.29 is 23.8 Å². The number of unbranched alkanes of at least 4 members (excludes halogenated alkanes) is 1. The second-order valence-electron chi connectivity index (χ2n) is 5.86. The first-order valence-electron chi connectivity index (χ1n) is 7.71. The summed E-state index contributed by atoms with van der Waals surface area (Å²) in [5.41, 5.74) is -1.10. The van der Waals surface area contributed by atoms with Crippen molar-refractivity contribution in [3.8, 4) is 0 Å². The average Bonchev–Trinajstić information content (AvgIpc) is 2.44.